The third-order valence-corrected chi connectivity index (χ3v) is 3.79. The van der Waals surface area contributed by atoms with Gasteiger partial charge in [-0.2, -0.15) is 0 Å². The van der Waals surface area contributed by atoms with Gasteiger partial charge in [-0.3, -0.25) is 0 Å². The first kappa shape index (κ1) is 13.1. The number of nitrogens with zero attached hydrogens (tertiary/aromatic N) is 2. The molecule has 0 amide bonds. The van der Waals surface area contributed by atoms with Crippen molar-refractivity contribution in [3.8, 4) is 17.1 Å². The maximum Gasteiger partial charge on any atom is 0.217 e. The Bertz CT molecular complexity index is 564. The summed E-state index contributed by atoms with van der Waals surface area (Å²) in [5.74, 6) is 0.862. The van der Waals surface area contributed by atoms with Crippen molar-refractivity contribution in [2.24, 2.45) is 5.92 Å². The Morgan fingerprint density at radius 2 is 1.95 bits per heavy atom. The van der Waals surface area contributed by atoms with Gasteiger partial charge in [0.15, 0.2) is 0 Å². The summed E-state index contributed by atoms with van der Waals surface area (Å²) in [5.41, 5.74) is 1.89. The Morgan fingerprint density at radius 3 is 2.65 bits per heavy atom. The molecule has 3 rings (SSSR count). The highest BCUT2D eigenvalue weighted by atomic mass is 16.5. The fourth-order valence-corrected chi connectivity index (χ4v) is 2.61. The third-order valence-electron chi connectivity index (χ3n) is 3.79. The second-order valence-electron chi connectivity index (χ2n) is 5.36. The number of aromatic nitrogens is 2. The molecule has 0 bridgehead atoms. The zero-order chi connectivity index (χ0) is 13.9. The van der Waals surface area contributed by atoms with E-state index in [0.29, 0.717) is 12.3 Å². The topological polar surface area (TPSA) is 55.2 Å². The van der Waals surface area contributed by atoms with Crippen molar-refractivity contribution in [3.63, 3.8) is 0 Å². The molecule has 4 heteroatoms. The number of aliphatic hydroxyl groups is 1. The molecule has 1 aromatic carbocycles. The van der Waals surface area contributed by atoms with Crippen LogP contribution in [0.1, 0.15) is 19.8 Å². The molecule has 1 N–H and O–H groups in total. The van der Waals surface area contributed by atoms with E-state index in [1.54, 1.807) is 0 Å². The molecule has 1 aliphatic carbocycles. The number of rotatable bonds is 3. The average molecular weight is 270 g/mol. The van der Waals surface area contributed by atoms with Gasteiger partial charge in [-0.1, -0.05) is 37.3 Å². The highest BCUT2D eigenvalue weighted by molar-refractivity contribution is 5.59. The van der Waals surface area contributed by atoms with E-state index >= 15 is 0 Å². The van der Waals surface area contributed by atoms with E-state index in [-0.39, 0.29) is 18.1 Å². The van der Waals surface area contributed by atoms with Crippen LogP contribution in [0.3, 0.4) is 0 Å². The van der Waals surface area contributed by atoms with Crippen LogP contribution in [0, 0.1) is 5.92 Å². The maximum atomic E-state index is 9.77. The van der Waals surface area contributed by atoms with Crippen LogP contribution in [0.25, 0.3) is 11.3 Å². The van der Waals surface area contributed by atoms with Gasteiger partial charge in [0, 0.05) is 18.1 Å². The first-order chi connectivity index (χ1) is 9.72. The Kier molecular flexibility index (Phi) is 3.65. The molecule has 1 aliphatic rings. The highest BCUT2D eigenvalue weighted by Crippen LogP contribution is 2.29. The van der Waals surface area contributed by atoms with Gasteiger partial charge < -0.3 is 9.84 Å². The lowest BCUT2D eigenvalue weighted by Gasteiger charge is -2.12. The monoisotopic (exact) mass is 270 g/mol. The molecule has 0 radical (unpaired) electrons. The Morgan fingerprint density at radius 1 is 1.15 bits per heavy atom. The molecule has 0 saturated heterocycles. The molecule has 1 aromatic heterocycles. The van der Waals surface area contributed by atoms with Crippen LogP contribution in [-0.4, -0.2) is 27.3 Å². The van der Waals surface area contributed by atoms with Crippen LogP contribution in [0.15, 0.2) is 42.7 Å². The summed E-state index contributed by atoms with van der Waals surface area (Å²) in [6.45, 7) is 2.05. The van der Waals surface area contributed by atoms with Gasteiger partial charge in [-0.05, 0) is 12.3 Å². The number of benzene rings is 1. The van der Waals surface area contributed by atoms with Crippen molar-refractivity contribution in [2.45, 2.75) is 32.0 Å². The van der Waals surface area contributed by atoms with E-state index in [1.807, 2.05) is 43.3 Å². The second-order valence-corrected chi connectivity index (χ2v) is 5.36. The Hall–Kier alpha value is -1.94. The van der Waals surface area contributed by atoms with Crippen LogP contribution in [-0.2, 0) is 0 Å². The molecule has 104 valence electrons. The van der Waals surface area contributed by atoms with E-state index in [1.165, 1.54) is 6.33 Å². The number of hydrogen-bond donors (Lipinski definition) is 1. The minimum Gasteiger partial charge on any atom is -0.474 e. The molecule has 0 unspecified atom stereocenters. The highest BCUT2D eigenvalue weighted by Gasteiger charge is 2.31. The lowest BCUT2D eigenvalue weighted by atomic mass is 10.1. The van der Waals surface area contributed by atoms with Gasteiger partial charge in [-0.25, -0.2) is 9.97 Å². The second kappa shape index (κ2) is 5.59. The quantitative estimate of drug-likeness (QED) is 0.931. The Balaban J connectivity index is 1.75. The van der Waals surface area contributed by atoms with E-state index in [2.05, 4.69) is 9.97 Å². The fraction of sp³-hybridized carbons (Fsp3) is 0.375. The van der Waals surface area contributed by atoms with Crippen molar-refractivity contribution in [3.05, 3.63) is 42.7 Å². The molecule has 1 heterocycles. The molecule has 20 heavy (non-hydrogen) atoms. The van der Waals surface area contributed by atoms with E-state index in [4.69, 9.17) is 4.74 Å². The first-order valence-electron chi connectivity index (χ1n) is 6.94. The zero-order valence-electron chi connectivity index (χ0n) is 11.4. The third kappa shape index (κ3) is 2.80. The van der Waals surface area contributed by atoms with Gasteiger partial charge in [-0.15, -0.1) is 0 Å². The van der Waals surface area contributed by atoms with Gasteiger partial charge >= 0.3 is 0 Å². The van der Waals surface area contributed by atoms with Crippen molar-refractivity contribution >= 4 is 0 Å². The van der Waals surface area contributed by atoms with Gasteiger partial charge in [0.1, 0.15) is 12.4 Å². The zero-order valence-corrected chi connectivity index (χ0v) is 11.4. The first-order valence-corrected chi connectivity index (χ1v) is 6.94. The largest absolute Gasteiger partial charge is 0.474 e. The van der Waals surface area contributed by atoms with Gasteiger partial charge in [0.05, 0.1) is 11.8 Å². The summed E-state index contributed by atoms with van der Waals surface area (Å²) in [6, 6.07) is 11.8. The van der Waals surface area contributed by atoms with Crippen molar-refractivity contribution in [2.75, 3.05) is 0 Å². The SMILES string of the molecule is C[C@H]1C[C@@H](Oc2cc(-c3ccccc3)ncn2)C[C@@H]1O. The number of aliphatic hydroxyl groups excluding tert-OH is 1. The fourth-order valence-electron chi connectivity index (χ4n) is 2.61. The summed E-state index contributed by atoms with van der Waals surface area (Å²) in [6.07, 6.45) is 2.83. The Labute approximate surface area is 118 Å². The normalized spacial score (nSPS) is 25.6. The van der Waals surface area contributed by atoms with E-state index < -0.39 is 0 Å². The van der Waals surface area contributed by atoms with Gasteiger partial charge in [0.25, 0.3) is 0 Å². The minimum atomic E-state index is -0.268. The summed E-state index contributed by atoms with van der Waals surface area (Å²) in [7, 11) is 0. The lowest BCUT2D eigenvalue weighted by Crippen LogP contribution is -2.14. The smallest absolute Gasteiger partial charge is 0.217 e. The molecule has 0 spiro atoms. The van der Waals surface area contributed by atoms with Crippen molar-refractivity contribution in [1.82, 2.24) is 9.97 Å². The number of ether oxygens (including phenoxy) is 1. The molecule has 4 nitrogen and oxygen atoms in total. The summed E-state index contributed by atoms with van der Waals surface area (Å²) in [4.78, 5) is 8.44. The molecule has 1 fully saturated rings. The average Bonchev–Trinajstić information content (AvgIpc) is 2.78. The van der Waals surface area contributed by atoms with E-state index in [0.717, 1.165) is 17.7 Å². The van der Waals surface area contributed by atoms with Crippen LogP contribution >= 0.6 is 0 Å². The molecule has 3 atom stereocenters. The number of hydrogen-bond acceptors (Lipinski definition) is 4. The van der Waals surface area contributed by atoms with Crippen LogP contribution in [0.5, 0.6) is 5.88 Å². The van der Waals surface area contributed by atoms with Crippen LogP contribution in [0.2, 0.25) is 0 Å². The van der Waals surface area contributed by atoms with Crippen molar-refractivity contribution in [1.29, 1.82) is 0 Å². The molecular weight excluding hydrogens is 252 g/mol. The summed E-state index contributed by atoms with van der Waals surface area (Å²) in [5, 5.41) is 9.77. The minimum absolute atomic E-state index is 0.0403. The summed E-state index contributed by atoms with van der Waals surface area (Å²) >= 11 is 0. The van der Waals surface area contributed by atoms with E-state index in [9.17, 15) is 5.11 Å². The van der Waals surface area contributed by atoms with Crippen LogP contribution in [0.4, 0.5) is 0 Å². The van der Waals surface area contributed by atoms with Gasteiger partial charge in [0.2, 0.25) is 5.88 Å². The summed E-state index contributed by atoms with van der Waals surface area (Å²) < 4.78 is 5.87. The predicted molar refractivity (Wildman–Crippen MR) is 76.3 cm³/mol. The standard InChI is InChI=1S/C16H18N2O2/c1-11-7-13(8-15(11)19)20-16-9-14(17-10-18-16)12-5-3-2-4-6-12/h2-6,9-11,13,15,19H,7-8H2,1H3/t11-,13+,15-/m0/s1. The van der Waals surface area contributed by atoms with Crippen LogP contribution < -0.4 is 4.74 Å². The van der Waals surface area contributed by atoms with Crippen molar-refractivity contribution < 1.29 is 9.84 Å². The predicted octanol–water partition coefficient (Wildman–Crippen LogP) is 2.68. The lowest BCUT2D eigenvalue weighted by molar-refractivity contribution is 0.128. The molecule has 0 aliphatic heterocycles. The molecular formula is C16H18N2O2. The molecule has 2 aromatic rings. The molecule has 1 saturated carbocycles. The maximum absolute atomic E-state index is 9.77.